The second kappa shape index (κ2) is 11.7. The van der Waals surface area contributed by atoms with Crippen molar-refractivity contribution in [3.63, 3.8) is 0 Å². The molecule has 1 unspecified atom stereocenters. The summed E-state index contributed by atoms with van der Waals surface area (Å²) in [6.45, 7) is 0.0509. The standard InChI is InChI=1S/C23H21ClF7N5O3S/c1-33(2)10-13(37)11-35-6-7-36(20(35)40)16-9-12(22(26,27)28)8-14(23(29,30)31)18(16)39-21(38)34(3)17-5-4-15(25)19(24)32-17/h4-9,13,37H,10-11H2,1-3H3. The van der Waals surface area contributed by atoms with Gasteiger partial charge in [0.15, 0.2) is 21.5 Å². The number of carbonyl (C=O) groups is 1. The monoisotopic (exact) mass is 615 g/mol. The van der Waals surface area contributed by atoms with Crippen LogP contribution in [0, 0.1) is 10.6 Å². The predicted molar refractivity (Wildman–Crippen MR) is 133 cm³/mol. The molecule has 0 bridgehead atoms. The number of benzene rings is 1. The third-order valence-electron chi connectivity index (χ3n) is 5.39. The first kappa shape index (κ1) is 31.3. The van der Waals surface area contributed by atoms with E-state index in [1.54, 1.807) is 19.0 Å². The number of ether oxygens (including phenoxy) is 1. The molecule has 1 atom stereocenters. The Balaban J connectivity index is 2.18. The smallest absolute Gasteiger partial charge is 0.407 e. The number of nitrogens with zero attached hydrogens (tertiary/aromatic N) is 5. The van der Waals surface area contributed by atoms with Crippen LogP contribution >= 0.6 is 23.8 Å². The van der Waals surface area contributed by atoms with Crippen molar-refractivity contribution in [1.29, 1.82) is 0 Å². The van der Waals surface area contributed by atoms with Crippen LogP contribution in [-0.2, 0) is 18.9 Å². The molecular formula is C23H21ClF7N5O3S. The molecular weight excluding hydrogens is 595 g/mol. The fourth-order valence-electron chi connectivity index (χ4n) is 3.56. The molecule has 40 heavy (non-hydrogen) atoms. The minimum Gasteiger partial charge on any atom is -0.407 e. The van der Waals surface area contributed by atoms with Gasteiger partial charge in [0, 0.05) is 26.0 Å². The van der Waals surface area contributed by atoms with Crippen LogP contribution in [0.2, 0.25) is 5.15 Å². The van der Waals surface area contributed by atoms with Gasteiger partial charge < -0.3 is 19.3 Å². The lowest BCUT2D eigenvalue weighted by molar-refractivity contribution is -0.143. The largest absolute Gasteiger partial charge is 0.420 e. The summed E-state index contributed by atoms with van der Waals surface area (Å²) in [6, 6.07) is 1.98. The number of carbonyl (C=O) groups excluding carboxylic acids is 1. The minimum absolute atomic E-state index is 0.135. The molecule has 0 radical (unpaired) electrons. The Morgan fingerprint density at radius 3 is 2.33 bits per heavy atom. The summed E-state index contributed by atoms with van der Waals surface area (Å²) in [5.41, 5.74) is -4.44. The Hall–Kier alpha value is -3.21. The van der Waals surface area contributed by atoms with E-state index < -0.39 is 58.1 Å². The second-order valence-electron chi connectivity index (χ2n) is 8.76. The van der Waals surface area contributed by atoms with Crippen molar-refractivity contribution in [2.24, 2.45) is 0 Å². The maximum Gasteiger partial charge on any atom is 0.420 e. The Bertz CT molecular complexity index is 1460. The number of pyridine rings is 1. The van der Waals surface area contributed by atoms with Crippen LogP contribution in [0.4, 0.5) is 41.3 Å². The van der Waals surface area contributed by atoms with E-state index in [9.17, 15) is 40.6 Å². The molecule has 218 valence electrons. The molecule has 3 rings (SSSR count). The lowest BCUT2D eigenvalue weighted by atomic mass is 10.1. The van der Waals surface area contributed by atoms with Gasteiger partial charge in [0.1, 0.15) is 11.4 Å². The quantitative estimate of drug-likeness (QED) is 0.206. The number of aromatic nitrogens is 3. The zero-order valence-electron chi connectivity index (χ0n) is 20.9. The lowest BCUT2D eigenvalue weighted by Crippen LogP contribution is -2.31. The molecule has 1 amide bonds. The van der Waals surface area contributed by atoms with Crippen molar-refractivity contribution in [2.75, 3.05) is 32.6 Å². The third kappa shape index (κ3) is 7.10. The van der Waals surface area contributed by atoms with Gasteiger partial charge in [0.05, 0.1) is 23.9 Å². The van der Waals surface area contributed by atoms with Gasteiger partial charge in [-0.2, -0.15) is 26.3 Å². The number of imidazole rings is 1. The molecule has 0 aliphatic heterocycles. The molecule has 0 saturated carbocycles. The normalized spacial score (nSPS) is 13.0. The topological polar surface area (TPSA) is 75.8 Å². The molecule has 0 aliphatic rings. The molecule has 0 aliphatic carbocycles. The molecule has 0 fully saturated rings. The minimum atomic E-state index is -5.41. The van der Waals surface area contributed by atoms with Gasteiger partial charge in [0.25, 0.3) is 0 Å². The number of anilines is 1. The van der Waals surface area contributed by atoms with E-state index in [1.807, 2.05) is 0 Å². The molecule has 1 N–H and O–H groups in total. The van der Waals surface area contributed by atoms with Gasteiger partial charge in [-0.05, 0) is 50.6 Å². The molecule has 0 spiro atoms. The van der Waals surface area contributed by atoms with Crippen LogP contribution in [0.5, 0.6) is 5.75 Å². The van der Waals surface area contributed by atoms with E-state index in [1.165, 1.54) is 10.8 Å². The lowest BCUT2D eigenvalue weighted by Gasteiger charge is -2.22. The summed E-state index contributed by atoms with van der Waals surface area (Å²) in [5, 5.41) is 9.58. The van der Waals surface area contributed by atoms with Gasteiger partial charge in [-0.25, -0.2) is 14.2 Å². The number of hydrogen-bond donors (Lipinski definition) is 1. The summed E-state index contributed by atoms with van der Waals surface area (Å²) in [7, 11) is 4.38. The van der Waals surface area contributed by atoms with E-state index in [2.05, 4.69) is 4.98 Å². The van der Waals surface area contributed by atoms with Gasteiger partial charge >= 0.3 is 18.4 Å². The van der Waals surface area contributed by atoms with E-state index in [4.69, 9.17) is 28.6 Å². The highest BCUT2D eigenvalue weighted by molar-refractivity contribution is 7.71. The predicted octanol–water partition coefficient (Wildman–Crippen LogP) is 5.79. The molecule has 8 nitrogen and oxygen atoms in total. The Morgan fingerprint density at radius 2 is 1.77 bits per heavy atom. The number of halogens is 8. The zero-order chi connectivity index (χ0) is 30.2. The van der Waals surface area contributed by atoms with Crippen molar-refractivity contribution >= 4 is 35.7 Å². The van der Waals surface area contributed by atoms with E-state index in [0.717, 1.165) is 29.9 Å². The van der Waals surface area contributed by atoms with Gasteiger partial charge in [-0.1, -0.05) is 11.6 Å². The van der Waals surface area contributed by atoms with Crippen LogP contribution in [-0.4, -0.2) is 64.0 Å². The van der Waals surface area contributed by atoms with Crippen LogP contribution in [0.1, 0.15) is 11.1 Å². The molecule has 3 aromatic rings. The first-order valence-electron chi connectivity index (χ1n) is 11.1. The Labute approximate surface area is 232 Å². The van der Waals surface area contributed by atoms with E-state index >= 15 is 0 Å². The highest BCUT2D eigenvalue weighted by atomic mass is 35.5. The second-order valence-corrected chi connectivity index (χ2v) is 9.48. The average Bonchev–Trinajstić information content (AvgIpc) is 3.17. The maximum atomic E-state index is 14.1. The number of hydrogen-bond acceptors (Lipinski definition) is 6. The van der Waals surface area contributed by atoms with Crippen molar-refractivity contribution in [3.8, 4) is 11.4 Å². The highest BCUT2D eigenvalue weighted by Gasteiger charge is 2.42. The fourth-order valence-corrected chi connectivity index (χ4v) is 4.00. The number of aliphatic hydroxyl groups is 1. The van der Waals surface area contributed by atoms with Crippen molar-refractivity contribution < 1.29 is 45.4 Å². The van der Waals surface area contributed by atoms with E-state index in [-0.39, 0.29) is 29.7 Å². The van der Waals surface area contributed by atoms with Crippen molar-refractivity contribution in [2.45, 2.75) is 25.0 Å². The SMILES string of the molecule is CN(C)CC(O)Cn1ccn(-c2cc(C(F)(F)F)cc(C(F)(F)F)c2OC(=O)N(C)c2ccc(F)c(Cl)n2)c1=S. The number of aliphatic hydroxyl groups excluding tert-OH is 1. The van der Waals surface area contributed by atoms with E-state index in [0.29, 0.717) is 11.0 Å². The Kier molecular flexibility index (Phi) is 9.18. The van der Waals surface area contributed by atoms with Gasteiger partial charge in [-0.15, -0.1) is 0 Å². The number of amides is 1. The molecule has 2 heterocycles. The number of rotatable bonds is 7. The molecule has 2 aromatic heterocycles. The molecule has 17 heteroatoms. The molecule has 0 saturated heterocycles. The fraction of sp³-hybridized carbons (Fsp3) is 0.348. The van der Waals surface area contributed by atoms with Crippen molar-refractivity contribution in [1.82, 2.24) is 19.0 Å². The zero-order valence-corrected chi connectivity index (χ0v) is 22.5. The summed E-state index contributed by atoms with van der Waals surface area (Å²) in [4.78, 5) is 18.7. The third-order valence-corrected chi connectivity index (χ3v) is 6.08. The van der Waals surface area contributed by atoms with Crippen LogP contribution in [0.3, 0.4) is 0 Å². The average molecular weight is 616 g/mol. The number of likely N-dealkylation sites (N-methyl/N-ethyl adjacent to an activating group) is 1. The van der Waals surface area contributed by atoms with Gasteiger partial charge in [0.2, 0.25) is 0 Å². The first-order valence-corrected chi connectivity index (χ1v) is 11.9. The maximum absolute atomic E-state index is 14.1. The first-order chi connectivity index (χ1) is 18.4. The highest BCUT2D eigenvalue weighted by Crippen LogP contribution is 2.44. The summed E-state index contributed by atoms with van der Waals surface area (Å²) < 4.78 is 103. The van der Waals surface area contributed by atoms with Crippen molar-refractivity contribution in [3.05, 3.63) is 63.5 Å². The van der Waals surface area contributed by atoms with Crippen LogP contribution in [0.15, 0.2) is 36.7 Å². The van der Waals surface area contributed by atoms with Gasteiger partial charge in [-0.3, -0.25) is 9.47 Å². The number of alkyl halides is 6. The molecule has 1 aromatic carbocycles. The summed E-state index contributed by atoms with van der Waals surface area (Å²) >= 11 is 10.9. The van der Waals surface area contributed by atoms with Crippen LogP contribution < -0.4 is 9.64 Å². The van der Waals surface area contributed by atoms with Crippen LogP contribution in [0.25, 0.3) is 5.69 Å². The summed E-state index contributed by atoms with van der Waals surface area (Å²) in [5.74, 6) is -2.55. The Morgan fingerprint density at radius 1 is 1.12 bits per heavy atom. The summed E-state index contributed by atoms with van der Waals surface area (Å²) in [6.07, 6.45) is -10.8.